The molecular formula is C23H26BrF3N3O6+. The molecule has 0 unspecified atom stereocenters. The summed E-state index contributed by atoms with van der Waals surface area (Å²) >= 11 is 3.18. The molecule has 196 valence electrons. The summed E-state index contributed by atoms with van der Waals surface area (Å²) in [7, 11) is 0. The number of ether oxygens (including phenoxy) is 1. The molecule has 3 heterocycles. The van der Waals surface area contributed by atoms with Crippen LogP contribution in [0.25, 0.3) is 0 Å². The van der Waals surface area contributed by atoms with E-state index >= 15 is 0 Å². The number of likely N-dealkylation sites (tertiary alicyclic amines) is 1. The third kappa shape index (κ3) is 7.80. The average Bonchev–Trinajstić information content (AvgIpc) is 3.31. The van der Waals surface area contributed by atoms with Crippen LogP contribution >= 0.6 is 15.9 Å². The van der Waals surface area contributed by atoms with Gasteiger partial charge in [0.1, 0.15) is 13.1 Å². The van der Waals surface area contributed by atoms with Gasteiger partial charge in [0.15, 0.2) is 10.4 Å². The van der Waals surface area contributed by atoms with Gasteiger partial charge in [0.05, 0.1) is 19.3 Å². The molecule has 2 aliphatic heterocycles. The second-order valence-electron chi connectivity index (χ2n) is 8.28. The summed E-state index contributed by atoms with van der Waals surface area (Å²) in [5.74, 6) is -2.81. The van der Waals surface area contributed by atoms with Gasteiger partial charge in [0.25, 0.3) is 11.8 Å². The fraction of sp³-hybridized carbons (Fsp3) is 0.435. The normalized spacial score (nSPS) is 17.2. The Labute approximate surface area is 213 Å². The number of piperidine rings is 1. The number of furan rings is 1. The fourth-order valence-electron chi connectivity index (χ4n) is 4.04. The number of morpholine rings is 1. The molecule has 0 spiro atoms. The molecule has 0 saturated carbocycles. The number of rotatable bonds is 4. The van der Waals surface area contributed by atoms with Gasteiger partial charge in [-0.3, -0.25) is 9.59 Å². The van der Waals surface area contributed by atoms with Crippen LogP contribution in [0, 0.1) is 0 Å². The number of carbonyl (C=O) groups is 3. The molecule has 0 aliphatic carbocycles. The molecule has 3 N–H and O–H groups in total. The SMILES string of the molecule is O=C(Nc1ccc(C(=O)N2CCC([NH+]3CCOCC3)CC2)cc1)c1ccc(Br)o1.O=C(O)C(F)(F)F. The lowest BCUT2D eigenvalue weighted by molar-refractivity contribution is -0.934. The number of hydrogen-bond acceptors (Lipinski definition) is 5. The molecule has 13 heteroatoms. The topological polar surface area (TPSA) is 114 Å². The molecule has 0 atom stereocenters. The zero-order valence-electron chi connectivity index (χ0n) is 19.1. The van der Waals surface area contributed by atoms with Gasteiger partial charge in [-0.2, -0.15) is 13.2 Å². The van der Waals surface area contributed by atoms with Crippen molar-refractivity contribution in [3.63, 3.8) is 0 Å². The molecule has 2 fully saturated rings. The fourth-order valence-corrected chi connectivity index (χ4v) is 4.35. The maximum absolute atomic E-state index is 12.8. The third-order valence-electron chi connectivity index (χ3n) is 5.92. The van der Waals surface area contributed by atoms with E-state index in [1.807, 2.05) is 4.90 Å². The van der Waals surface area contributed by atoms with Crippen LogP contribution in [0.2, 0.25) is 0 Å². The molecule has 9 nitrogen and oxygen atoms in total. The Morgan fingerprint density at radius 1 is 1.03 bits per heavy atom. The molecule has 36 heavy (non-hydrogen) atoms. The van der Waals surface area contributed by atoms with Crippen LogP contribution in [0.15, 0.2) is 45.5 Å². The molecule has 1 aromatic heterocycles. The lowest BCUT2D eigenvalue weighted by Gasteiger charge is -2.37. The zero-order valence-corrected chi connectivity index (χ0v) is 20.7. The summed E-state index contributed by atoms with van der Waals surface area (Å²) in [6, 6.07) is 10.9. The van der Waals surface area contributed by atoms with Gasteiger partial charge in [-0.25, -0.2) is 4.79 Å². The second-order valence-corrected chi connectivity index (χ2v) is 9.06. The van der Waals surface area contributed by atoms with Crippen LogP contribution < -0.4 is 10.2 Å². The zero-order chi connectivity index (χ0) is 26.3. The lowest BCUT2D eigenvalue weighted by Crippen LogP contribution is -3.18. The smallest absolute Gasteiger partial charge is 0.475 e. The van der Waals surface area contributed by atoms with E-state index < -0.39 is 12.1 Å². The van der Waals surface area contributed by atoms with Crippen molar-refractivity contribution in [3.05, 3.63) is 52.4 Å². The predicted molar refractivity (Wildman–Crippen MR) is 125 cm³/mol. The molecule has 0 bridgehead atoms. The Morgan fingerprint density at radius 2 is 1.61 bits per heavy atom. The van der Waals surface area contributed by atoms with E-state index in [1.54, 1.807) is 41.3 Å². The van der Waals surface area contributed by atoms with Crippen molar-refractivity contribution in [1.82, 2.24) is 4.90 Å². The largest absolute Gasteiger partial charge is 0.490 e. The number of anilines is 1. The number of halogens is 4. The van der Waals surface area contributed by atoms with E-state index in [9.17, 15) is 22.8 Å². The van der Waals surface area contributed by atoms with Crippen molar-refractivity contribution in [1.29, 1.82) is 0 Å². The van der Waals surface area contributed by atoms with E-state index in [2.05, 4.69) is 21.2 Å². The summed E-state index contributed by atoms with van der Waals surface area (Å²) in [6.07, 6.45) is -3.01. The van der Waals surface area contributed by atoms with Gasteiger partial charge in [-0.05, 0) is 52.3 Å². The number of hydrogen-bond donors (Lipinski definition) is 3. The highest BCUT2D eigenvalue weighted by Gasteiger charge is 2.38. The minimum atomic E-state index is -5.08. The Morgan fingerprint density at radius 3 is 2.11 bits per heavy atom. The summed E-state index contributed by atoms with van der Waals surface area (Å²) < 4.78 is 42.9. The van der Waals surface area contributed by atoms with Crippen molar-refractivity contribution in [2.45, 2.75) is 25.1 Å². The van der Waals surface area contributed by atoms with Crippen LogP contribution in [0.5, 0.6) is 0 Å². The Hall–Kier alpha value is -2.90. The van der Waals surface area contributed by atoms with E-state index in [0.717, 1.165) is 52.2 Å². The number of carboxylic acid groups (broad SMARTS) is 1. The number of alkyl halides is 3. The van der Waals surface area contributed by atoms with Crippen LogP contribution in [-0.4, -0.2) is 79.4 Å². The average molecular weight is 577 g/mol. The third-order valence-corrected chi connectivity index (χ3v) is 6.35. The maximum Gasteiger partial charge on any atom is 0.490 e. The van der Waals surface area contributed by atoms with Crippen molar-refractivity contribution >= 4 is 39.4 Å². The Balaban J connectivity index is 0.000000454. The number of quaternary nitrogens is 1. The van der Waals surface area contributed by atoms with E-state index in [0.29, 0.717) is 22.0 Å². The number of nitrogens with zero attached hydrogens (tertiary/aromatic N) is 1. The number of carbonyl (C=O) groups excluding carboxylic acids is 2. The van der Waals surface area contributed by atoms with E-state index in [1.165, 1.54) is 0 Å². The molecule has 4 rings (SSSR count). The van der Waals surface area contributed by atoms with Crippen LogP contribution in [0.3, 0.4) is 0 Å². The van der Waals surface area contributed by atoms with E-state index in [-0.39, 0.29) is 17.6 Å². The van der Waals surface area contributed by atoms with Crippen LogP contribution in [0.4, 0.5) is 18.9 Å². The first-order valence-electron chi connectivity index (χ1n) is 11.2. The van der Waals surface area contributed by atoms with Gasteiger partial charge in [0, 0.05) is 37.2 Å². The summed E-state index contributed by atoms with van der Waals surface area (Å²) in [5, 5.41) is 9.89. The van der Waals surface area contributed by atoms with Gasteiger partial charge >= 0.3 is 12.1 Å². The highest BCUT2D eigenvalue weighted by Crippen LogP contribution is 2.18. The molecular weight excluding hydrogens is 551 g/mol. The molecule has 2 amide bonds. The number of carboxylic acids is 1. The first kappa shape index (κ1) is 27.7. The van der Waals surface area contributed by atoms with Crippen molar-refractivity contribution in [2.75, 3.05) is 44.7 Å². The minimum Gasteiger partial charge on any atom is -0.475 e. The van der Waals surface area contributed by atoms with Gasteiger partial charge in [-0.1, -0.05) is 0 Å². The molecule has 0 radical (unpaired) electrons. The molecule has 2 aromatic rings. The summed E-state index contributed by atoms with van der Waals surface area (Å²) in [5.41, 5.74) is 1.26. The summed E-state index contributed by atoms with van der Waals surface area (Å²) in [4.78, 5) is 37.4. The van der Waals surface area contributed by atoms with Crippen molar-refractivity contribution in [3.8, 4) is 0 Å². The van der Waals surface area contributed by atoms with Crippen molar-refractivity contribution < 1.29 is 46.7 Å². The van der Waals surface area contributed by atoms with Gasteiger partial charge in [0.2, 0.25) is 0 Å². The van der Waals surface area contributed by atoms with Crippen LogP contribution in [-0.2, 0) is 9.53 Å². The Bertz CT molecular complexity index is 1050. The number of aliphatic carboxylic acids is 1. The number of benzene rings is 1. The monoisotopic (exact) mass is 576 g/mol. The van der Waals surface area contributed by atoms with Gasteiger partial charge < -0.3 is 29.4 Å². The molecule has 1 aromatic carbocycles. The number of amides is 2. The second kappa shape index (κ2) is 12.4. The number of nitrogens with one attached hydrogen (secondary N) is 2. The van der Waals surface area contributed by atoms with Gasteiger partial charge in [-0.15, -0.1) is 0 Å². The van der Waals surface area contributed by atoms with Crippen LogP contribution in [0.1, 0.15) is 33.8 Å². The summed E-state index contributed by atoms with van der Waals surface area (Å²) in [6.45, 7) is 5.41. The Kier molecular flexibility index (Phi) is 9.51. The highest BCUT2D eigenvalue weighted by atomic mass is 79.9. The minimum absolute atomic E-state index is 0.0493. The van der Waals surface area contributed by atoms with E-state index in [4.69, 9.17) is 19.1 Å². The first-order valence-corrected chi connectivity index (χ1v) is 12.0. The highest BCUT2D eigenvalue weighted by molar-refractivity contribution is 9.10. The quantitative estimate of drug-likeness (QED) is 0.515. The predicted octanol–water partition coefficient (Wildman–Crippen LogP) is 2.45. The lowest BCUT2D eigenvalue weighted by atomic mass is 10.0. The maximum atomic E-state index is 12.8. The first-order chi connectivity index (χ1) is 17.0. The standard InChI is InChI=1S/C21H24BrN3O4.C2HF3O2/c22-19-6-5-18(29-19)20(26)23-16-3-1-15(2-4-16)21(27)25-9-7-17(8-10-25)24-11-13-28-14-12-24;3-2(4,5)1(6)7/h1-6,17H,7-14H2,(H,23,26);(H,6,7)/p+1. The van der Waals surface area contributed by atoms with Crippen molar-refractivity contribution in [2.24, 2.45) is 0 Å². The molecule has 2 aliphatic rings. The molecule has 2 saturated heterocycles.